The highest BCUT2D eigenvalue weighted by Crippen LogP contribution is 2.38. The Morgan fingerprint density at radius 1 is 1.40 bits per heavy atom. The first-order valence-corrected chi connectivity index (χ1v) is 9.66. The van der Waals surface area contributed by atoms with E-state index in [-0.39, 0.29) is 0 Å². The van der Waals surface area contributed by atoms with Crippen LogP contribution in [0.1, 0.15) is 46.0 Å². The van der Waals surface area contributed by atoms with Crippen LogP contribution in [0.5, 0.6) is 0 Å². The molecule has 0 saturated heterocycles. The molecule has 0 aromatic heterocycles. The molecule has 0 bridgehead atoms. The van der Waals surface area contributed by atoms with Crippen LogP contribution in [0.15, 0.2) is 11.8 Å². The molecule has 0 spiro atoms. The van der Waals surface area contributed by atoms with Crippen LogP contribution in [0.25, 0.3) is 0 Å². The molecule has 0 radical (unpaired) electrons. The summed E-state index contributed by atoms with van der Waals surface area (Å²) in [6, 6.07) is 0. The van der Waals surface area contributed by atoms with Gasteiger partial charge in [0.2, 0.25) is 8.32 Å². The molecule has 0 heterocycles. The normalized spacial score (nSPS) is 27.4. The fourth-order valence-electron chi connectivity index (χ4n) is 2.44. The number of rotatable bonds is 4. The van der Waals surface area contributed by atoms with Gasteiger partial charge in [-0.25, -0.2) is 0 Å². The standard InChI is InChI=1S/C13H26OSi/c1-6-9-13(2)10-7-8-12(11-13)14-15(3,4)5/h11H,6-10H2,1-5H3. The predicted octanol–water partition coefficient (Wildman–Crippen LogP) is 4.71. The Labute approximate surface area is 96.0 Å². The summed E-state index contributed by atoms with van der Waals surface area (Å²) in [6.07, 6.45) is 8.77. The molecule has 15 heavy (non-hydrogen) atoms. The molecule has 0 aromatic rings. The molecular weight excluding hydrogens is 200 g/mol. The van der Waals surface area contributed by atoms with E-state index in [0.717, 1.165) is 6.42 Å². The van der Waals surface area contributed by atoms with E-state index in [2.05, 4.69) is 39.6 Å². The van der Waals surface area contributed by atoms with Crippen LogP contribution in [0, 0.1) is 5.41 Å². The minimum Gasteiger partial charge on any atom is -0.548 e. The molecule has 88 valence electrons. The highest BCUT2D eigenvalue weighted by atomic mass is 28.4. The Morgan fingerprint density at radius 2 is 2.07 bits per heavy atom. The maximum Gasteiger partial charge on any atom is 0.241 e. The van der Waals surface area contributed by atoms with Crippen molar-refractivity contribution < 1.29 is 4.43 Å². The summed E-state index contributed by atoms with van der Waals surface area (Å²) in [5, 5.41) is 0. The van der Waals surface area contributed by atoms with Crippen LogP contribution in [0.3, 0.4) is 0 Å². The van der Waals surface area contributed by atoms with E-state index in [1.807, 2.05) is 0 Å². The highest BCUT2D eigenvalue weighted by Gasteiger charge is 2.27. The number of allylic oxidation sites excluding steroid dienone is 2. The van der Waals surface area contributed by atoms with Gasteiger partial charge in [-0.2, -0.15) is 0 Å². The third-order valence-electron chi connectivity index (χ3n) is 2.94. The van der Waals surface area contributed by atoms with Crippen molar-refractivity contribution in [2.24, 2.45) is 5.41 Å². The largest absolute Gasteiger partial charge is 0.548 e. The van der Waals surface area contributed by atoms with Gasteiger partial charge in [0.15, 0.2) is 0 Å². The lowest BCUT2D eigenvalue weighted by Crippen LogP contribution is -2.27. The van der Waals surface area contributed by atoms with Crippen molar-refractivity contribution in [1.29, 1.82) is 0 Å². The predicted molar refractivity (Wildman–Crippen MR) is 69.4 cm³/mol. The number of hydrogen-bond donors (Lipinski definition) is 0. The van der Waals surface area contributed by atoms with Gasteiger partial charge in [-0.3, -0.25) is 0 Å². The van der Waals surface area contributed by atoms with Gasteiger partial charge in [-0.05, 0) is 50.4 Å². The topological polar surface area (TPSA) is 9.23 Å². The van der Waals surface area contributed by atoms with Crippen molar-refractivity contribution in [1.82, 2.24) is 0 Å². The highest BCUT2D eigenvalue weighted by molar-refractivity contribution is 6.70. The summed E-state index contributed by atoms with van der Waals surface area (Å²) < 4.78 is 6.12. The van der Waals surface area contributed by atoms with E-state index in [1.165, 1.54) is 31.4 Å². The summed E-state index contributed by atoms with van der Waals surface area (Å²) >= 11 is 0. The van der Waals surface area contributed by atoms with Gasteiger partial charge in [-0.15, -0.1) is 0 Å². The monoisotopic (exact) mass is 226 g/mol. The Balaban J connectivity index is 2.69. The maximum atomic E-state index is 6.12. The Morgan fingerprint density at radius 3 is 2.60 bits per heavy atom. The molecule has 0 amide bonds. The second kappa shape index (κ2) is 4.73. The molecule has 0 aliphatic heterocycles. The zero-order chi connectivity index (χ0) is 11.5. The van der Waals surface area contributed by atoms with Gasteiger partial charge in [-0.1, -0.05) is 20.3 Å². The van der Waals surface area contributed by atoms with Crippen molar-refractivity contribution in [3.63, 3.8) is 0 Å². The molecule has 0 aromatic carbocycles. The van der Waals surface area contributed by atoms with Gasteiger partial charge in [0.1, 0.15) is 0 Å². The Kier molecular flexibility index (Phi) is 4.04. The first-order valence-electron chi connectivity index (χ1n) is 6.25. The number of hydrogen-bond acceptors (Lipinski definition) is 1. The SMILES string of the molecule is CCCC1(C)C=C(O[Si](C)(C)C)CCC1. The van der Waals surface area contributed by atoms with Crippen molar-refractivity contribution in [3.05, 3.63) is 11.8 Å². The lowest BCUT2D eigenvalue weighted by atomic mass is 9.77. The van der Waals surface area contributed by atoms with Crippen LogP contribution in [0.2, 0.25) is 19.6 Å². The maximum absolute atomic E-state index is 6.12. The Bertz CT molecular complexity index is 239. The molecule has 1 aliphatic rings. The molecule has 0 N–H and O–H groups in total. The molecular formula is C13H26OSi. The summed E-state index contributed by atoms with van der Waals surface area (Å²) in [7, 11) is -1.40. The average Bonchev–Trinajstić information content (AvgIpc) is 1.99. The minimum atomic E-state index is -1.40. The van der Waals surface area contributed by atoms with Gasteiger partial charge >= 0.3 is 0 Å². The van der Waals surface area contributed by atoms with Crippen LogP contribution in [-0.2, 0) is 4.43 Å². The van der Waals surface area contributed by atoms with E-state index >= 15 is 0 Å². The second-order valence-corrected chi connectivity index (χ2v) is 10.5. The molecule has 0 fully saturated rings. The second-order valence-electron chi connectivity index (χ2n) is 6.08. The Hall–Kier alpha value is -0.243. The zero-order valence-electron chi connectivity index (χ0n) is 11.0. The summed E-state index contributed by atoms with van der Waals surface area (Å²) in [5.74, 6) is 1.27. The fraction of sp³-hybridized carbons (Fsp3) is 0.846. The third-order valence-corrected chi connectivity index (χ3v) is 3.81. The molecule has 1 aliphatic carbocycles. The van der Waals surface area contributed by atoms with Gasteiger partial charge in [0, 0.05) is 6.42 Å². The molecule has 0 saturated carbocycles. The molecule has 1 atom stereocenters. The van der Waals surface area contributed by atoms with Crippen molar-refractivity contribution in [2.75, 3.05) is 0 Å². The van der Waals surface area contributed by atoms with Crippen LogP contribution < -0.4 is 0 Å². The van der Waals surface area contributed by atoms with Crippen molar-refractivity contribution >= 4 is 8.32 Å². The molecule has 1 unspecified atom stereocenters. The van der Waals surface area contributed by atoms with Gasteiger partial charge in [0.05, 0.1) is 5.76 Å². The molecule has 2 heteroatoms. The molecule has 1 nitrogen and oxygen atoms in total. The van der Waals surface area contributed by atoms with Gasteiger partial charge in [0.25, 0.3) is 0 Å². The molecule has 1 rings (SSSR count). The van der Waals surface area contributed by atoms with E-state index in [1.54, 1.807) is 0 Å². The fourth-order valence-corrected chi connectivity index (χ4v) is 3.39. The first kappa shape index (κ1) is 12.8. The summed E-state index contributed by atoms with van der Waals surface area (Å²) in [5.41, 5.74) is 0.405. The quantitative estimate of drug-likeness (QED) is 0.631. The van der Waals surface area contributed by atoms with E-state index in [0.29, 0.717) is 5.41 Å². The van der Waals surface area contributed by atoms with Gasteiger partial charge < -0.3 is 4.43 Å². The van der Waals surface area contributed by atoms with Crippen LogP contribution in [-0.4, -0.2) is 8.32 Å². The van der Waals surface area contributed by atoms with Crippen molar-refractivity contribution in [3.8, 4) is 0 Å². The van der Waals surface area contributed by atoms with E-state index in [9.17, 15) is 0 Å². The van der Waals surface area contributed by atoms with Crippen molar-refractivity contribution in [2.45, 2.75) is 65.6 Å². The average molecular weight is 226 g/mol. The lowest BCUT2D eigenvalue weighted by Gasteiger charge is -2.33. The summed E-state index contributed by atoms with van der Waals surface area (Å²) in [4.78, 5) is 0. The van der Waals surface area contributed by atoms with E-state index < -0.39 is 8.32 Å². The van der Waals surface area contributed by atoms with Crippen LogP contribution >= 0.6 is 0 Å². The smallest absolute Gasteiger partial charge is 0.241 e. The van der Waals surface area contributed by atoms with Crippen LogP contribution in [0.4, 0.5) is 0 Å². The summed E-state index contributed by atoms with van der Waals surface area (Å²) in [6.45, 7) is 11.4. The minimum absolute atomic E-state index is 0.405. The lowest BCUT2D eigenvalue weighted by molar-refractivity contribution is 0.280. The zero-order valence-corrected chi connectivity index (χ0v) is 12.0. The third kappa shape index (κ3) is 4.41. The first-order chi connectivity index (χ1) is 6.85. The van der Waals surface area contributed by atoms with E-state index in [4.69, 9.17) is 4.43 Å².